The number of piperidine rings is 1. The zero-order valence-electron chi connectivity index (χ0n) is 12.8. The number of rotatable bonds is 4. The Morgan fingerprint density at radius 3 is 2.87 bits per heavy atom. The summed E-state index contributed by atoms with van der Waals surface area (Å²) in [4.78, 5) is 24.1. The van der Waals surface area contributed by atoms with E-state index in [-0.39, 0.29) is 30.8 Å². The first kappa shape index (κ1) is 15.8. The van der Waals surface area contributed by atoms with Crippen molar-refractivity contribution in [1.82, 2.24) is 5.32 Å². The van der Waals surface area contributed by atoms with Gasteiger partial charge in [-0.05, 0) is 44.1 Å². The number of aliphatic hydroxyl groups excluding tert-OH is 1. The Labute approximate surface area is 134 Å². The third-order valence-electron chi connectivity index (χ3n) is 4.17. The molecule has 2 amide bonds. The van der Waals surface area contributed by atoms with Gasteiger partial charge in [0.2, 0.25) is 5.91 Å². The van der Waals surface area contributed by atoms with Crippen LogP contribution >= 0.6 is 0 Å². The van der Waals surface area contributed by atoms with E-state index < -0.39 is 6.10 Å². The lowest BCUT2D eigenvalue weighted by Crippen LogP contribution is -2.37. The van der Waals surface area contributed by atoms with E-state index in [0.717, 1.165) is 25.9 Å². The molecule has 0 spiro atoms. The molecular formula is C16H21N3O4. The molecule has 0 saturated carbocycles. The zero-order valence-corrected chi connectivity index (χ0v) is 12.8. The number of benzene rings is 1. The topological polar surface area (TPSA) is 99.7 Å². The van der Waals surface area contributed by atoms with Crippen LogP contribution in [0.5, 0.6) is 5.75 Å². The number of ether oxygens (including phenoxy) is 1. The average molecular weight is 319 g/mol. The van der Waals surface area contributed by atoms with E-state index in [1.165, 1.54) is 0 Å². The summed E-state index contributed by atoms with van der Waals surface area (Å²) >= 11 is 0. The van der Waals surface area contributed by atoms with Crippen molar-refractivity contribution < 1.29 is 19.4 Å². The van der Waals surface area contributed by atoms with Gasteiger partial charge in [0, 0.05) is 24.6 Å². The molecule has 23 heavy (non-hydrogen) atoms. The molecule has 0 aliphatic carbocycles. The lowest BCUT2D eigenvalue weighted by atomic mass is 9.97. The van der Waals surface area contributed by atoms with Crippen molar-refractivity contribution in [3.05, 3.63) is 18.2 Å². The molecule has 1 saturated heterocycles. The summed E-state index contributed by atoms with van der Waals surface area (Å²) in [5.41, 5.74) is 1.17. The first-order valence-electron chi connectivity index (χ1n) is 7.91. The second kappa shape index (κ2) is 6.97. The van der Waals surface area contributed by atoms with E-state index in [1.54, 1.807) is 18.2 Å². The van der Waals surface area contributed by atoms with Crippen LogP contribution in [0, 0.1) is 5.92 Å². The Bertz CT molecular complexity index is 599. The van der Waals surface area contributed by atoms with E-state index in [0.29, 0.717) is 17.1 Å². The van der Waals surface area contributed by atoms with Gasteiger partial charge in [0.25, 0.3) is 5.91 Å². The summed E-state index contributed by atoms with van der Waals surface area (Å²) in [7, 11) is 0. The van der Waals surface area contributed by atoms with Gasteiger partial charge in [-0.25, -0.2) is 0 Å². The molecule has 3 rings (SSSR count). The largest absolute Gasteiger partial charge is 0.478 e. The molecule has 0 aromatic heterocycles. The molecule has 1 atom stereocenters. The number of carbonyl (C=O) groups excluding carboxylic acids is 2. The van der Waals surface area contributed by atoms with Crippen molar-refractivity contribution in [2.45, 2.75) is 25.4 Å². The molecule has 1 fully saturated rings. The molecule has 2 heterocycles. The highest BCUT2D eigenvalue weighted by molar-refractivity contribution is 5.99. The summed E-state index contributed by atoms with van der Waals surface area (Å²) in [5.74, 6) is 0.288. The fraction of sp³-hybridized carbons (Fsp3) is 0.500. The molecular weight excluding hydrogens is 298 g/mol. The number of fused-ring (bicyclic) bond motifs is 1. The Kier molecular flexibility index (Phi) is 4.78. The highest BCUT2D eigenvalue weighted by Gasteiger charge is 2.27. The van der Waals surface area contributed by atoms with Crippen molar-refractivity contribution in [3.63, 3.8) is 0 Å². The number of carbonyl (C=O) groups is 2. The smallest absolute Gasteiger partial charge is 0.265 e. The maximum Gasteiger partial charge on any atom is 0.265 e. The van der Waals surface area contributed by atoms with E-state index in [1.807, 2.05) is 0 Å². The van der Waals surface area contributed by atoms with Crippen LogP contribution < -0.4 is 20.7 Å². The highest BCUT2D eigenvalue weighted by atomic mass is 16.5. The van der Waals surface area contributed by atoms with Gasteiger partial charge in [0.05, 0.1) is 5.69 Å². The molecule has 4 N–H and O–H groups in total. The summed E-state index contributed by atoms with van der Waals surface area (Å²) in [5, 5.41) is 17.8. The van der Waals surface area contributed by atoms with Crippen molar-refractivity contribution in [2.24, 2.45) is 5.92 Å². The predicted molar refractivity (Wildman–Crippen MR) is 85.4 cm³/mol. The Morgan fingerprint density at radius 2 is 2.13 bits per heavy atom. The van der Waals surface area contributed by atoms with Crippen molar-refractivity contribution in [1.29, 1.82) is 0 Å². The summed E-state index contributed by atoms with van der Waals surface area (Å²) < 4.78 is 5.57. The highest BCUT2D eigenvalue weighted by Crippen LogP contribution is 2.33. The van der Waals surface area contributed by atoms with Crippen LogP contribution in [0.25, 0.3) is 0 Å². The minimum Gasteiger partial charge on any atom is -0.478 e. The standard InChI is InChI=1S/C16H21N3O4/c20-8-5-14-16(22)19-12-9-11(1-2-13(12)23-14)18-15(21)10-3-6-17-7-4-10/h1-2,9-10,14,17,20H,3-8H2,(H,18,21)(H,19,22). The fourth-order valence-electron chi connectivity index (χ4n) is 2.86. The minimum absolute atomic E-state index is 0.00709. The lowest BCUT2D eigenvalue weighted by Gasteiger charge is -2.26. The third kappa shape index (κ3) is 3.62. The minimum atomic E-state index is -0.678. The SMILES string of the molecule is O=C(Nc1ccc2c(c1)NC(=O)C(CCO)O2)C1CCNCC1. The molecule has 1 unspecified atom stereocenters. The maximum absolute atomic E-state index is 12.3. The Hall–Kier alpha value is -2.12. The number of aliphatic hydroxyl groups is 1. The van der Waals surface area contributed by atoms with Crippen molar-refractivity contribution in [3.8, 4) is 5.75 Å². The fourth-order valence-corrected chi connectivity index (χ4v) is 2.86. The van der Waals surface area contributed by atoms with Gasteiger partial charge in [-0.2, -0.15) is 0 Å². The van der Waals surface area contributed by atoms with Gasteiger partial charge in [0.15, 0.2) is 6.10 Å². The van der Waals surface area contributed by atoms with Crippen molar-refractivity contribution in [2.75, 3.05) is 30.3 Å². The Morgan fingerprint density at radius 1 is 1.35 bits per heavy atom. The third-order valence-corrected chi connectivity index (χ3v) is 4.17. The van der Waals surface area contributed by atoms with Crippen LogP contribution in [0.15, 0.2) is 18.2 Å². The van der Waals surface area contributed by atoms with Crippen LogP contribution in [0.2, 0.25) is 0 Å². The quantitative estimate of drug-likeness (QED) is 0.655. The normalized spacial score (nSPS) is 21.1. The van der Waals surface area contributed by atoms with Gasteiger partial charge >= 0.3 is 0 Å². The maximum atomic E-state index is 12.3. The van der Waals surface area contributed by atoms with Crippen LogP contribution in [0.1, 0.15) is 19.3 Å². The van der Waals surface area contributed by atoms with Crippen LogP contribution in [-0.4, -0.2) is 42.7 Å². The van der Waals surface area contributed by atoms with Crippen molar-refractivity contribution >= 4 is 23.2 Å². The molecule has 1 aromatic rings. The second-order valence-corrected chi connectivity index (χ2v) is 5.83. The monoisotopic (exact) mass is 319 g/mol. The molecule has 0 bridgehead atoms. The van der Waals surface area contributed by atoms with Crippen LogP contribution in [0.3, 0.4) is 0 Å². The summed E-state index contributed by atoms with van der Waals surface area (Å²) in [6.45, 7) is 1.61. The number of hydrogen-bond donors (Lipinski definition) is 4. The molecule has 2 aliphatic rings. The predicted octanol–water partition coefficient (Wildman–Crippen LogP) is 0.707. The molecule has 1 aromatic carbocycles. The number of amides is 2. The lowest BCUT2D eigenvalue weighted by molar-refractivity contribution is -0.124. The Balaban J connectivity index is 1.68. The summed E-state index contributed by atoms with van der Waals surface area (Å²) in [6.07, 6.45) is 1.24. The first-order chi connectivity index (χ1) is 11.2. The molecule has 124 valence electrons. The number of hydrogen-bond acceptors (Lipinski definition) is 5. The van der Waals surface area contributed by atoms with Gasteiger partial charge in [-0.15, -0.1) is 0 Å². The van der Waals surface area contributed by atoms with Gasteiger partial charge in [0.1, 0.15) is 5.75 Å². The molecule has 0 radical (unpaired) electrons. The van der Waals surface area contributed by atoms with E-state index >= 15 is 0 Å². The molecule has 7 heteroatoms. The van der Waals surface area contributed by atoms with E-state index in [9.17, 15) is 9.59 Å². The zero-order chi connectivity index (χ0) is 16.2. The van der Waals surface area contributed by atoms with Gasteiger partial charge in [-0.1, -0.05) is 0 Å². The molecule has 2 aliphatic heterocycles. The van der Waals surface area contributed by atoms with Gasteiger partial charge < -0.3 is 25.8 Å². The van der Waals surface area contributed by atoms with E-state index in [4.69, 9.17) is 9.84 Å². The number of nitrogens with one attached hydrogen (secondary N) is 3. The number of anilines is 2. The second-order valence-electron chi connectivity index (χ2n) is 5.83. The average Bonchev–Trinajstić information content (AvgIpc) is 2.57. The molecule has 7 nitrogen and oxygen atoms in total. The van der Waals surface area contributed by atoms with Gasteiger partial charge in [-0.3, -0.25) is 9.59 Å². The van der Waals surface area contributed by atoms with Crippen LogP contribution in [-0.2, 0) is 9.59 Å². The van der Waals surface area contributed by atoms with E-state index in [2.05, 4.69) is 16.0 Å². The summed E-state index contributed by atoms with van der Waals surface area (Å²) in [6, 6.07) is 5.17. The van der Waals surface area contributed by atoms with Crippen LogP contribution in [0.4, 0.5) is 11.4 Å². The first-order valence-corrected chi connectivity index (χ1v) is 7.91.